The van der Waals surface area contributed by atoms with Gasteiger partial charge in [-0.25, -0.2) is 0 Å². The van der Waals surface area contributed by atoms with E-state index in [1.54, 1.807) is 0 Å². The van der Waals surface area contributed by atoms with E-state index in [0.717, 1.165) is 0 Å². The summed E-state index contributed by atoms with van der Waals surface area (Å²) in [5.74, 6) is -50.1. The Morgan fingerprint density at radius 3 is 1.03 bits per heavy atom. The van der Waals surface area contributed by atoms with E-state index in [-0.39, 0.29) is 6.08 Å². The van der Waals surface area contributed by atoms with Crippen molar-refractivity contribution in [3.63, 3.8) is 0 Å². The third-order valence-electron chi connectivity index (χ3n) is 3.08. The Hall–Kier alpha value is -1.49. The molecule has 0 heterocycles. The molecule has 0 bridgehead atoms. The van der Waals surface area contributed by atoms with Gasteiger partial charge >= 0.3 is 47.8 Å². The smallest absolute Gasteiger partial charge is 0.311 e. The molecule has 0 fully saturated rings. The van der Waals surface area contributed by atoms with E-state index in [1.165, 1.54) is 0 Å². The Morgan fingerprint density at radius 1 is 0.483 bits per heavy atom. The fourth-order valence-electron chi connectivity index (χ4n) is 1.40. The van der Waals surface area contributed by atoms with E-state index in [9.17, 15) is 74.6 Å². The lowest BCUT2D eigenvalue weighted by Crippen LogP contribution is -2.74. The molecule has 0 amide bonds. The molecule has 0 unspecified atom stereocenters. The van der Waals surface area contributed by atoms with Gasteiger partial charge < -0.3 is 4.74 Å². The van der Waals surface area contributed by atoms with Crippen molar-refractivity contribution in [2.75, 3.05) is 6.61 Å². The highest BCUT2D eigenvalue weighted by molar-refractivity contribution is 5.14. The van der Waals surface area contributed by atoms with Crippen LogP contribution >= 0.6 is 0 Å². The molecule has 0 aromatic carbocycles. The van der Waals surface area contributed by atoms with Crippen LogP contribution in [0, 0.1) is 0 Å². The molecule has 0 N–H and O–H groups in total. The topological polar surface area (TPSA) is 9.23 Å². The molecule has 1 nitrogen and oxygen atoms in total. The molecule has 0 saturated heterocycles. The van der Waals surface area contributed by atoms with Gasteiger partial charge in [-0.3, -0.25) is 0 Å². The number of rotatable bonds is 9. The van der Waals surface area contributed by atoms with E-state index in [2.05, 4.69) is 11.3 Å². The third-order valence-corrected chi connectivity index (χ3v) is 3.08. The maximum absolute atomic E-state index is 13.2. The van der Waals surface area contributed by atoms with E-state index in [0.29, 0.717) is 0 Å². The summed E-state index contributed by atoms with van der Waals surface area (Å²) in [7, 11) is 0. The Labute approximate surface area is 148 Å². The summed E-state index contributed by atoms with van der Waals surface area (Å²) in [6.07, 6.45) is -14.5. The lowest BCUT2D eigenvalue weighted by atomic mass is 9.90. The van der Waals surface area contributed by atoms with Gasteiger partial charge in [0, 0.05) is 0 Å². The maximum atomic E-state index is 13.2. The van der Waals surface area contributed by atoms with Crippen LogP contribution in [0.2, 0.25) is 0 Å². The minimum Gasteiger partial charge on any atom is -0.311 e. The van der Waals surface area contributed by atoms with Gasteiger partial charge in [-0.1, -0.05) is 6.08 Å². The SMILES string of the molecule is C=CCOC(F)(F)C(F)(F)C(F)(F)C(F)(F)C(F)(F)C(F)(F)C(F)(F)C(F)(F)F. The lowest BCUT2D eigenvalue weighted by molar-refractivity contribution is -0.477. The highest BCUT2D eigenvalue weighted by Gasteiger charge is 2.95. The van der Waals surface area contributed by atoms with E-state index in [4.69, 9.17) is 0 Å². The van der Waals surface area contributed by atoms with Crippen molar-refractivity contribution in [2.45, 2.75) is 47.8 Å². The zero-order valence-electron chi connectivity index (χ0n) is 12.8. The van der Waals surface area contributed by atoms with E-state index < -0.39 is 54.4 Å². The molecule has 0 rings (SSSR count). The minimum absolute atomic E-state index is 0.118. The quantitative estimate of drug-likeness (QED) is 0.287. The first-order chi connectivity index (χ1) is 12.3. The van der Waals surface area contributed by atoms with Crippen LogP contribution in [0.25, 0.3) is 0 Å². The molecular formula is C11H5F17O. The lowest BCUT2D eigenvalue weighted by Gasteiger charge is -2.42. The van der Waals surface area contributed by atoms with Crippen molar-refractivity contribution < 1.29 is 79.4 Å². The molecule has 0 saturated carbocycles. The van der Waals surface area contributed by atoms with Crippen LogP contribution in [0.3, 0.4) is 0 Å². The second-order valence-corrected chi connectivity index (χ2v) is 5.06. The zero-order valence-corrected chi connectivity index (χ0v) is 12.8. The molecule has 0 aliphatic heterocycles. The van der Waals surface area contributed by atoms with Gasteiger partial charge in [0.2, 0.25) is 0 Å². The zero-order chi connectivity index (χ0) is 24.1. The van der Waals surface area contributed by atoms with Crippen LogP contribution in [0.1, 0.15) is 0 Å². The number of ether oxygens (including phenoxy) is 1. The van der Waals surface area contributed by atoms with Gasteiger partial charge in [0.05, 0.1) is 6.61 Å². The first-order valence-electron chi connectivity index (χ1n) is 6.27. The summed E-state index contributed by atoms with van der Waals surface area (Å²) in [4.78, 5) is 0. The first kappa shape index (κ1) is 27.5. The fraction of sp³-hybridized carbons (Fsp3) is 0.818. The van der Waals surface area contributed by atoms with Crippen molar-refractivity contribution in [1.82, 2.24) is 0 Å². The Balaban J connectivity index is 6.61. The molecule has 0 aromatic heterocycles. The van der Waals surface area contributed by atoms with Gasteiger partial charge in [0.25, 0.3) is 0 Å². The molecule has 0 aliphatic carbocycles. The summed E-state index contributed by atoms with van der Waals surface area (Å²) in [5.41, 5.74) is 0. The molecule has 18 heteroatoms. The summed E-state index contributed by atoms with van der Waals surface area (Å²) in [6, 6.07) is 0. The second kappa shape index (κ2) is 7.04. The minimum atomic E-state index is -8.64. The van der Waals surface area contributed by atoms with Gasteiger partial charge in [-0.15, -0.1) is 6.58 Å². The molecule has 0 aliphatic rings. The Morgan fingerprint density at radius 2 is 0.759 bits per heavy atom. The molecule has 0 aromatic rings. The predicted molar refractivity (Wildman–Crippen MR) is 56.8 cm³/mol. The highest BCUT2D eigenvalue weighted by atomic mass is 19.4. The van der Waals surface area contributed by atoms with Gasteiger partial charge in [0.1, 0.15) is 0 Å². The molecule has 0 spiro atoms. The fourth-order valence-corrected chi connectivity index (χ4v) is 1.40. The average molecular weight is 476 g/mol. The predicted octanol–water partition coefficient (Wildman–Crippen LogP) is 6.16. The number of alkyl halides is 17. The molecule has 174 valence electrons. The van der Waals surface area contributed by atoms with E-state index >= 15 is 0 Å². The Kier molecular flexibility index (Phi) is 6.68. The summed E-state index contributed by atoms with van der Waals surface area (Å²) in [6.45, 7) is 0.700. The van der Waals surface area contributed by atoms with Crippen LogP contribution in [-0.4, -0.2) is 54.4 Å². The summed E-state index contributed by atoms with van der Waals surface area (Å²) >= 11 is 0. The van der Waals surface area contributed by atoms with Crippen LogP contribution < -0.4 is 0 Å². The van der Waals surface area contributed by atoms with Crippen LogP contribution in [0.4, 0.5) is 74.6 Å². The largest absolute Gasteiger partial charge is 0.460 e. The molecular weight excluding hydrogens is 471 g/mol. The standard InChI is InChI=1S/C11H5F17O/c1-2-3-29-11(27,28)9(22,23)7(18,19)5(14,15)4(12,13)6(16,17)8(20,21)10(24,25)26/h2H,1,3H2. The van der Waals surface area contributed by atoms with Crippen molar-refractivity contribution in [2.24, 2.45) is 0 Å². The van der Waals surface area contributed by atoms with Crippen molar-refractivity contribution >= 4 is 0 Å². The monoisotopic (exact) mass is 476 g/mol. The molecule has 0 atom stereocenters. The van der Waals surface area contributed by atoms with E-state index in [1.807, 2.05) is 0 Å². The average Bonchev–Trinajstić information content (AvgIpc) is 2.50. The van der Waals surface area contributed by atoms with Gasteiger partial charge in [0.15, 0.2) is 0 Å². The highest BCUT2D eigenvalue weighted by Crippen LogP contribution is 2.63. The van der Waals surface area contributed by atoms with Crippen LogP contribution in [-0.2, 0) is 4.74 Å². The van der Waals surface area contributed by atoms with Crippen molar-refractivity contribution in [1.29, 1.82) is 0 Å². The molecule has 29 heavy (non-hydrogen) atoms. The van der Waals surface area contributed by atoms with Crippen LogP contribution in [0.5, 0.6) is 0 Å². The van der Waals surface area contributed by atoms with Gasteiger partial charge in [-0.05, 0) is 0 Å². The van der Waals surface area contributed by atoms with Crippen LogP contribution in [0.15, 0.2) is 12.7 Å². The molecule has 0 radical (unpaired) electrons. The third kappa shape index (κ3) is 3.60. The van der Waals surface area contributed by atoms with Crippen molar-refractivity contribution in [3.8, 4) is 0 Å². The normalized spacial score (nSPS) is 16.2. The summed E-state index contributed by atoms with van der Waals surface area (Å²) in [5, 5.41) is 0. The first-order valence-corrected chi connectivity index (χ1v) is 6.27. The second-order valence-electron chi connectivity index (χ2n) is 5.06. The number of halogens is 17. The maximum Gasteiger partial charge on any atom is 0.460 e. The van der Waals surface area contributed by atoms with Crippen molar-refractivity contribution in [3.05, 3.63) is 12.7 Å². The number of hydrogen-bond acceptors (Lipinski definition) is 1. The number of hydrogen-bond donors (Lipinski definition) is 0. The Bertz CT molecular complexity index is 601. The van der Waals surface area contributed by atoms with Gasteiger partial charge in [-0.2, -0.15) is 74.6 Å². The summed E-state index contributed by atoms with van der Waals surface area (Å²) < 4.78 is 220.